The molecule has 1 aromatic heterocycles. The highest BCUT2D eigenvalue weighted by molar-refractivity contribution is 5.93. The van der Waals surface area contributed by atoms with Gasteiger partial charge in [-0.1, -0.05) is 53.2 Å². The van der Waals surface area contributed by atoms with Crippen LogP contribution in [0.3, 0.4) is 0 Å². The molecule has 0 spiro atoms. The van der Waals surface area contributed by atoms with E-state index in [4.69, 9.17) is 18.6 Å². The number of carbonyl (C=O) groups is 4. The minimum atomic E-state index is -0.889. The first-order valence-corrected chi connectivity index (χ1v) is 14.5. The largest absolute Gasteiger partial charge is 0.472 e. The molecule has 2 bridgehead atoms. The van der Waals surface area contributed by atoms with Crippen LogP contribution in [0.4, 0.5) is 0 Å². The summed E-state index contributed by atoms with van der Waals surface area (Å²) in [5.74, 6) is -2.73. The smallest absolute Gasteiger partial charge is 0.308 e. The minimum absolute atomic E-state index is 0.00445. The maximum absolute atomic E-state index is 14.4. The Morgan fingerprint density at radius 1 is 1.15 bits per heavy atom. The quantitative estimate of drug-likeness (QED) is 0.254. The molecule has 1 aliphatic heterocycles. The number of ether oxygens (including phenoxy) is 3. The lowest BCUT2D eigenvalue weighted by atomic mass is 9.40. The van der Waals surface area contributed by atoms with Crippen molar-refractivity contribution < 1.29 is 37.8 Å². The third-order valence-corrected chi connectivity index (χ3v) is 11.1. The topological polar surface area (TPSA) is 109 Å². The van der Waals surface area contributed by atoms with Gasteiger partial charge in [-0.05, 0) is 43.1 Å². The fourth-order valence-corrected chi connectivity index (χ4v) is 8.56. The van der Waals surface area contributed by atoms with Gasteiger partial charge in [0.05, 0.1) is 37.9 Å². The Balaban J connectivity index is 1.65. The Bertz CT molecular complexity index is 1230. The number of fused-ring (bicyclic) bond motifs is 6. The zero-order chi connectivity index (χ0) is 29.2. The van der Waals surface area contributed by atoms with Gasteiger partial charge >= 0.3 is 17.9 Å². The first-order valence-electron chi connectivity index (χ1n) is 14.5. The molecule has 9 unspecified atom stereocenters. The fraction of sp³-hybridized carbons (Fsp3) is 0.688. The molecule has 218 valence electrons. The predicted octanol–water partition coefficient (Wildman–Crippen LogP) is 5.61. The number of hydrogen-bond donors (Lipinski definition) is 0. The number of furan rings is 1. The van der Waals surface area contributed by atoms with Gasteiger partial charge < -0.3 is 18.6 Å². The summed E-state index contributed by atoms with van der Waals surface area (Å²) >= 11 is 0. The predicted molar refractivity (Wildman–Crippen MR) is 144 cm³/mol. The summed E-state index contributed by atoms with van der Waals surface area (Å²) in [7, 11) is 1.35. The van der Waals surface area contributed by atoms with Crippen LogP contribution in [0, 0.1) is 45.8 Å². The Morgan fingerprint density at radius 2 is 1.88 bits per heavy atom. The van der Waals surface area contributed by atoms with Gasteiger partial charge in [0.1, 0.15) is 18.0 Å². The molecule has 2 saturated carbocycles. The average molecular weight is 555 g/mol. The van der Waals surface area contributed by atoms with Crippen molar-refractivity contribution >= 4 is 23.7 Å². The Labute approximate surface area is 236 Å². The number of methoxy groups -OCH3 is 1. The third-order valence-electron chi connectivity index (χ3n) is 11.1. The van der Waals surface area contributed by atoms with E-state index in [1.54, 1.807) is 12.5 Å². The van der Waals surface area contributed by atoms with Gasteiger partial charge in [0.2, 0.25) is 0 Å². The first kappa shape index (κ1) is 28.6. The Kier molecular flexibility index (Phi) is 7.07. The number of cyclic esters (lactones) is 1. The number of rotatable bonds is 6. The van der Waals surface area contributed by atoms with Gasteiger partial charge in [-0.15, -0.1) is 0 Å². The van der Waals surface area contributed by atoms with Crippen LogP contribution in [0.15, 0.2) is 34.7 Å². The van der Waals surface area contributed by atoms with E-state index in [0.717, 1.165) is 17.6 Å². The van der Waals surface area contributed by atoms with E-state index in [-0.39, 0.29) is 48.3 Å². The van der Waals surface area contributed by atoms with Crippen LogP contribution in [0.2, 0.25) is 0 Å². The van der Waals surface area contributed by atoms with Crippen molar-refractivity contribution in [3.63, 3.8) is 0 Å². The molecule has 3 fully saturated rings. The second-order valence-electron chi connectivity index (χ2n) is 13.4. The molecular weight excluding hydrogens is 512 g/mol. The lowest BCUT2D eigenvalue weighted by Gasteiger charge is -2.63. The maximum Gasteiger partial charge on any atom is 0.308 e. The van der Waals surface area contributed by atoms with Gasteiger partial charge in [0, 0.05) is 28.2 Å². The minimum Gasteiger partial charge on any atom is -0.472 e. The highest BCUT2D eigenvalue weighted by Crippen LogP contribution is 2.68. The highest BCUT2D eigenvalue weighted by Gasteiger charge is 2.69. The Morgan fingerprint density at radius 3 is 2.50 bits per heavy atom. The van der Waals surface area contributed by atoms with Crippen LogP contribution in [-0.2, 0) is 33.4 Å². The normalized spacial score (nSPS) is 38.7. The Hall–Kier alpha value is -2.90. The van der Waals surface area contributed by atoms with E-state index < -0.39 is 46.3 Å². The van der Waals surface area contributed by atoms with Crippen molar-refractivity contribution in [3.8, 4) is 0 Å². The summed E-state index contributed by atoms with van der Waals surface area (Å²) in [5.41, 5.74) is -0.0944. The molecule has 8 nitrogen and oxygen atoms in total. The number of allylic oxidation sites excluding steroid dienone is 1. The second kappa shape index (κ2) is 9.88. The van der Waals surface area contributed by atoms with Crippen molar-refractivity contribution in [2.75, 3.05) is 7.11 Å². The molecule has 4 aliphatic rings. The number of hydrogen-bond acceptors (Lipinski definition) is 8. The van der Waals surface area contributed by atoms with Gasteiger partial charge in [0.15, 0.2) is 0 Å². The van der Waals surface area contributed by atoms with Crippen LogP contribution < -0.4 is 0 Å². The molecule has 5 rings (SSSR count). The molecule has 1 saturated heterocycles. The van der Waals surface area contributed by atoms with Crippen LogP contribution in [0.1, 0.15) is 85.3 Å². The summed E-state index contributed by atoms with van der Waals surface area (Å²) in [4.78, 5) is 53.4. The van der Waals surface area contributed by atoms with Crippen molar-refractivity contribution in [1.82, 2.24) is 0 Å². The van der Waals surface area contributed by atoms with Gasteiger partial charge in [-0.2, -0.15) is 0 Å². The van der Waals surface area contributed by atoms with E-state index >= 15 is 0 Å². The zero-order valence-corrected chi connectivity index (χ0v) is 24.7. The molecule has 2 heterocycles. The molecule has 0 radical (unpaired) electrons. The first-order chi connectivity index (χ1) is 18.8. The SMILES string of the molecule is CCC(C)C(=O)OC1C2C=C3C4CC(=O)OC(c5ccoc5)C4(C)CCC3C(C)(C2=O)C(CC(=O)OC)C1(C)C. The molecule has 0 aromatic carbocycles. The van der Waals surface area contributed by atoms with Crippen LogP contribution in [-0.4, -0.2) is 36.9 Å². The molecule has 0 N–H and O–H groups in total. The lowest BCUT2D eigenvalue weighted by Crippen LogP contribution is -2.66. The fourth-order valence-electron chi connectivity index (χ4n) is 8.56. The lowest BCUT2D eigenvalue weighted by molar-refractivity contribution is -0.198. The van der Waals surface area contributed by atoms with E-state index in [1.807, 2.05) is 46.8 Å². The molecule has 40 heavy (non-hydrogen) atoms. The molecule has 8 heteroatoms. The van der Waals surface area contributed by atoms with E-state index in [2.05, 4.69) is 6.92 Å². The summed E-state index contributed by atoms with van der Waals surface area (Å²) in [6, 6.07) is 1.84. The molecular formula is C32H42O8. The third kappa shape index (κ3) is 4.07. The zero-order valence-electron chi connectivity index (χ0n) is 24.7. The van der Waals surface area contributed by atoms with E-state index in [1.165, 1.54) is 7.11 Å². The highest BCUT2D eigenvalue weighted by atomic mass is 16.6. The van der Waals surface area contributed by atoms with Crippen molar-refractivity contribution in [3.05, 3.63) is 35.8 Å². The van der Waals surface area contributed by atoms with Gasteiger partial charge in [-0.3, -0.25) is 19.2 Å². The van der Waals surface area contributed by atoms with Gasteiger partial charge in [0.25, 0.3) is 0 Å². The molecule has 3 aliphatic carbocycles. The standard InChI is InChI=1S/C32H42O8/c1-8-17(2)29(36)40-28-20-13-19-21(32(6,26(20)35)23(30(28,3)4)15-24(33)37-7)9-11-31(5)22(19)14-25(34)39-27(31)18-10-12-38-16-18/h10,12-13,16-17,20-23,27-28H,8-9,11,14-15H2,1-7H3. The number of Topliss-reactive ketones (excluding diaryl/α,β-unsaturated/α-hetero) is 1. The second-order valence-corrected chi connectivity index (χ2v) is 13.4. The molecule has 1 aromatic rings. The average Bonchev–Trinajstić information content (AvgIpc) is 3.45. The summed E-state index contributed by atoms with van der Waals surface area (Å²) in [5, 5.41) is 0. The number of ketones is 1. The summed E-state index contributed by atoms with van der Waals surface area (Å²) in [6.07, 6.45) is 6.36. The molecule has 9 atom stereocenters. The van der Waals surface area contributed by atoms with Crippen molar-refractivity contribution in [2.45, 2.75) is 85.9 Å². The van der Waals surface area contributed by atoms with Crippen molar-refractivity contribution in [1.29, 1.82) is 0 Å². The molecule has 0 amide bonds. The number of esters is 3. The van der Waals surface area contributed by atoms with Crippen LogP contribution in [0.5, 0.6) is 0 Å². The number of carbonyl (C=O) groups excluding carboxylic acids is 4. The monoisotopic (exact) mass is 554 g/mol. The van der Waals surface area contributed by atoms with E-state index in [9.17, 15) is 19.2 Å². The summed E-state index contributed by atoms with van der Waals surface area (Å²) < 4.78 is 22.6. The van der Waals surface area contributed by atoms with E-state index in [0.29, 0.717) is 12.8 Å². The summed E-state index contributed by atoms with van der Waals surface area (Å²) in [6.45, 7) is 11.9. The van der Waals surface area contributed by atoms with Crippen molar-refractivity contribution in [2.24, 2.45) is 45.8 Å². The van der Waals surface area contributed by atoms with Crippen LogP contribution in [0.25, 0.3) is 0 Å². The van der Waals surface area contributed by atoms with Gasteiger partial charge in [-0.25, -0.2) is 0 Å². The van der Waals surface area contributed by atoms with Crippen LogP contribution >= 0.6 is 0 Å². The maximum atomic E-state index is 14.4.